The number of hydrogen-bond acceptors (Lipinski definition) is 7. The van der Waals surface area contributed by atoms with Gasteiger partial charge in [-0.25, -0.2) is 9.59 Å². The van der Waals surface area contributed by atoms with Gasteiger partial charge in [-0.2, -0.15) is 0 Å². The number of benzene rings is 2. The average Bonchev–Trinajstić information content (AvgIpc) is 3.27. The summed E-state index contributed by atoms with van der Waals surface area (Å²) in [5.41, 5.74) is 1.84. The molecule has 0 aliphatic heterocycles. The fourth-order valence-electron chi connectivity index (χ4n) is 3.17. The largest absolute Gasteiger partial charge is 0.462 e. The van der Waals surface area contributed by atoms with Crippen molar-refractivity contribution < 1.29 is 28.1 Å². The number of nitrogens with one attached hydrogen (secondary N) is 1. The second-order valence-electron chi connectivity index (χ2n) is 7.11. The van der Waals surface area contributed by atoms with Gasteiger partial charge >= 0.3 is 11.9 Å². The van der Waals surface area contributed by atoms with Crippen LogP contribution in [0.3, 0.4) is 0 Å². The van der Waals surface area contributed by atoms with Crippen LogP contribution < -0.4 is 5.32 Å². The smallest absolute Gasteiger partial charge is 0.341 e. The van der Waals surface area contributed by atoms with Crippen molar-refractivity contribution >= 4 is 45.0 Å². The van der Waals surface area contributed by atoms with E-state index in [9.17, 15) is 18.6 Å². The quantitative estimate of drug-likeness (QED) is 0.420. The molecule has 1 N–H and O–H groups in total. The van der Waals surface area contributed by atoms with Crippen molar-refractivity contribution in [1.82, 2.24) is 0 Å². The zero-order valence-corrected chi connectivity index (χ0v) is 20.7. The maximum absolute atomic E-state index is 12.8. The first-order valence-electron chi connectivity index (χ1n) is 10.7. The number of rotatable bonds is 9. The van der Waals surface area contributed by atoms with Gasteiger partial charge < -0.3 is 14.8 Å². The van der Waals surface area contributed by atoms with Crippen molar-refractivity contribution in [1.29, 1.82) is 0 Å². The molecule has 1 aromatic heterocycles. The summed E-state index contributed by atoms with van der Waals surface area (Å²) in [7, 11) is -1.36. The van der Waals surface area contributed by atoms with Crippen molar-refractivity contribution in [2.75, 3.05) is 17.7 Å². The van der Waals surface area contributed by atoms with Gasteiger partial charge in [-0.1, -0.05) is 49.4 Å². The summed E-state index contributed by atoms with van der Waals surface area (Å²) in [4.78, 5) is 38.6. The highest BCUT2D eigenvalue weighted by Gasteiger charge is 2.26. The van der Waals surface area contributed by atoms with Crippen molar-refractivity contribution in [2.24, 2.45) is 0 Å². The molecule has 9 heteroatoms. The molecule has 0 fully saturated rings. The molecule has 0 aliphatic rings. The molecule has 0 saturated heterocycles. The summed E-state index contributed by atoms with van der Waals surface area (Å²) in [6, 6.07) is 15.7. The first kappa shape index (κ1) is 25.3. The van der Waals surface area contributed by atoms with Crippen molar-refractivity contribution in [3.8, 4) is 11.1 Å². The number of ether oxygens (including phenoxy) is 2. The van der Waals surface area contributed by atoms with E-state index in [-0.39, 0.29) is 17.7 Å². The van der Waals surface area contributed by atoms with E-state index in [0.29, 0.717) is 21.2 Å². The molecule has 0 bridgehead atoms. The van der Waals surface area contributed by atoms with Crippen LogP contribution in [0.5, 0.6) is 0 Å². The van der Waals surface area contributed by atoms with Crippen LogP contribution in [0.4, 0.5) is 5.00 Å². The maximum atomic E-state index is 12.8. The van der Waals surface area contributed by atoms with Crippen molar-refractivity contribution in [3.05, 3.63) is 71.1 Å². The lowest BCUT2D eigenvalue weighted by atomic mass is 10.0. The standard InChI is InChI=1S/C25H25NO6S2/c1-4-31-25(29)21-19(17-11-7-6-8-12-17)15-33-23(21)26-22(27)16(3)32-24(28)18-13-9-10-14-20(18)34(30)5-2/h6-16H,4-5H2,1-3H3,(H,26,27)/t16-,34-/m0/s1. The summed E-state index contributed by atoms with van der Waals surface area (Å²) >= 11 is 1.18. The Bertz CT molecular complexity index is 1210. The SMILES string of the molecule is CCOC(=O)c1c(-c2ccccc2)csc1NC(=O)[C@H](C)OC(=O)c1ccccc1[S@@](=O)CC. The van der Waals surface area contributed by atoms with Crippen LogP contribution in [-0.2, 0) is 25.1 Å². The third kappa shape index (κ3) is 5.78. The van der Waals surface area contributed by atoms with E-state index in [4.69, 9.17) is 9.47 Å². The average molecular weight is 500 g/mol. The first-order valence-corrected chi connectivity index (χ1v) is 12.9. The van der Waals surface area contributed by atoms with Crippen molar-refractivity contribution in [3.63, 3.8) is 0 Å². The highest BCUT2D eigenvalue weighted by Crippen LogP contribution is 2.36. The summed E-state index contributed by atoms with van der Waals surface area (Å²) in [5.74, 6) is -1.56. The molecule has 7 nitrogen and oxygen atoms in total. The molecule has 1 amide bonds. The van der Waals surface area contributed by atoms with E-state index >= 15 is 0 Å². The molecule has 2 atom stereocenters. The van der Waals surface area contributed by atoms with E-state index < -0.39 is 34.7 Å². The first-order chi connectivity index (χ1) is 16.4. The van der Waals surface area contributed by atoms with Crippen LogP contribution in [0.1, 0.15) is 41.5 Å². The van der Waals surface area contributed by atoms with Gasteiger partial charge in [0.15, 0.2) is 6.10 Å². The molecular weight excluding hydrogens is 474 g/mol. The molecule has 0 spiro atoms. The molecule has 3 aromatic rings. The minimum absolute atomic E-state index is 0.150. The highest BCUT2D eigenvalue weighted by atomic mass is 32.2. The number of anilines is 1. The number of carbonyl (C=O) groups excluding carboxylic acids is 3. The van der Waals surface area contributed by atoms with Gasteiger partial charge in [-0.3, -0.25) is 9.00 Å². The fraction of sp³-hybridized carbons (Fsp3) is 0.240. The molecule has 1 heterocycles. The second kappa shape index (κ2) is 11.7. The Kier molecular flexibility index (Phi) is 8.72. The van der Waals surface area contributed by atoms with Gasteiger partial charge in [0.1, 0.15) is 10.6 Å². The Morgan fingerprint density at radius 3 is 2.35 bits per heavy atom. The Labute approximate surface area is 204 Å². The lowest BCUT2D eigenvalue weighted by molar-refractivity contribution is -0.123. The van der Waals surface area contributed by atoms with E-state index in [1.54, 1.807) is 37.4 Å². The van der Waals surface area contributed by atoms with Crippen LogP contribution in [-0.4, -0.2) is 40.5 Å². The van der Waals surface area contributed by atoms with E-state index in [1.165, 1.54) is 24.3 Å². The van der Waals surface area contributed by atoms with Gasteiger partial charge in [0, 0.05) is 16.7 Å². The monoisotopic (exact) mass is 499 g/mol. The molecular formula is C25H25NO6S2. The second-order valence-corrected chi connectivity index (χ2v) is 9.70. The van der Waals surface area contributed by atoms with E-state index in [0.717, 1.165) is 5.56 Å². The summed E-state index contributed by atoms with van der Waals surface area (Å²) in [5, 5.41) is 4.76. The Hall–Kier alpha value is -3.30. The minimum Gasteiger partial charge on any atom is -0.462 e. The Balaban J connectivity index is 1.80. The van der Waals surface area contributed by atoms with E-state index in [1.807, 2.05) is 30.3 Å². The number of thiophene rings is 1. The van der Waals surface area contributed by atoms with Crippen LogP contribution in [0.15, 0.2) is 64.9 Å². The molecule has 178 valence electrons. The van der Waals surface area contributed by atoms with Gasteiger partial charge in [-0.15, -0.1) is 11.3 Å². The fourth-order valence-corrected chi connectivity index (χ4v) is 5.06. The number of amides is 1. The highest BCUT2D eigenvalue weighted by molar-refractivity contribution is 7.85. The van der Waals surface area contributed by atoms with Gasteiger partial charge in [0.05, 0.1) is 27.9 Å². The molecule has 34 heavy (non-hydrogen) atoms. The van der Waals surface area contributed by atoms with Gasteiger partial charge in [-0.05, 0) is 31.5 Å². The molecule has 0 radical (unpaired) electrons. The molecule has 0 aliphatic carbocycles. The third-order valence-electron chi connectivity index (χ3n) is 4.86. The minimum atomic E-state index is -1.36. The normalized spacial score (nSPS) is 12.4. The number of carbonyl (C=O) groups is 3. The predicted octanol–water partition coefficient (Wildman–Crippen LogP) is 4.90. The maximum Gasteiger partial charge on any atom is 0.341 e. The lowest BCUT2D eigenvalue weighted by Crippen LogP contribution is -2.30. The van der Waals surface area contributed by atoms with Crippen LogP contribution in [0.25, 0.3) is 11.1 Å². The van der Waals surface area contributed by atoms with Crippen molar-refractivity contribution in [2.45, 2.75) is 31.8 Å². The van der Waals surface area contributed by atoms with Crippen LogP contribution in [0, 0.1) is 0 Å². The van der Waals surface area contributed by atoms with Crippen LogP contribution >= 0.6 is 11.3 Å². The van der Waals surface area contributed by atoms with Gasteiger partial charge in [0.25, 0.3) is 5.91 Å². The summed E-state index contributed by atoms with van der Waals surface area (Å²) in [6.45, 7) is 5.07. The molecule has 0 saturated carbocycles. The van der Waals surface area contributed by atoms with Gasteiger partial charge in [0.2, 0.25) is 0 Å². The zero-order valence-electron chi connectivity index (χ0n) is 19.0. The molecule has 0 unspecified atom stereocenters. The topological polar surface area (TPSA) is 98.8 Å². The predicted molar refractivity (Wildman–Crippen MR) is 133 cm³/mol. The Morgan fingerprint density at radius 1 is 1.00 bits per heavy atom. The summed E-state index contributed by atoms with van der Waals surface area (Å²) < 4.78 is 22.8. The lowest BCUT2D eigenvalue weighted by Gasteiger charge is -2.15. The molecule has 2 aromatic carbocycles. The number of hydrogen-bond donors (Lipinski definition) is 1. The number of esters is 2. The third-order valence-corrected chi connectivity index (χ3v) is 7.13. The van der Waals surface area contributed by atoms with Crippen LogP contribution in [0.2, 0.25) is 0 Å². The zero-order chi connectivity index (χ0) is 24.7. The summed E-state index contributed by atoms with van der Waals surface area (Å²) in [6.07, 6.45) is -1.16. The molecule has 3 rings (SSSR count). The Morgan fingerprint density at radius 2 is 1.68 bits per heavy atom. The van der Waals surface area contributed by atoms with E-state index in [2.05, 4.69) is 5.32 Å².